The molecule has 2 heteroatoms. The molecule has 0 radical (unpaired) electrons. The van der Waals surface area contributed by atoms with E-state index in [1.807, 2.05) is 4.68 Å². The van der Waals surface area contributed by atoms with Crippen molar-refractivity contribution in [1.82, 2.24) is 9.78 Å². The maximum atomic E-state index is 4.45. The van der Waals surface area contributed by atoms with Gasteiger partial charge in [-0.3, -0.25) is 4.68 Å². The number of hydrogen-bond donors (Lipinski definition) is 0. The number of nitrogens with zero attached hydrogens (tertiary/aromatic N) is 2. The van der Waals surface area contributed by atoms with Gasteiger partial charge in [0.05, 0.1) is 5.69 Å². The molecule has 0 unspecified atom stereocenters. The Kier molecular flexibility index (Phi) is 3.85. The first-order valence-corrected chi connectivity index (χ1v) is 4.89. The van der Waals surface area contributed by atoms with Crippen molar-refractivity contribution in [2.24, 2.45) is 0 Å². The van der Waals surface area contributed by atoms with Crippen molar-refractivity contribution in [3.63, 3.8) is 0 Å². The van der Waals surface area contributed by atoms with E-state index in [4.69, 9.17) is 0 Å². The highest BCUT2D eigenvalue weighted by Crippen LogP contribution is 2.02. The fourth-order valence-electron chi connectivity index (χ4n) is 1.25. The van der Waals surface area contributed by atoms with Crippen LogP contribution < -0.4 is 0 Å². The Morgan fingerprint density at radius 2 is 2.17 bits per heavy atom. The van der Waals surface area contributed by atoms with Crippen molar-refractivity contribution in [2.45, 2.75) is 46.1 Å². The topological polar surface area (TPSA) is 17.8 Å². The molecule has 0 aromatic carbocycles. The second-order valence-electron chi connectivity index (χ2n) is 3.17. The molecule has 1 rings (SSSR count). The molecule has 0 fully saturated rings. The fourth-order valence-corrected chi connectivity index (χ4v) is 1.25. The Morgan fingerprint density at radius 1 is 1.33 bits per heavy atom. The van der Waals surface area contributed by atoms with Gasteiger partial charge in [-0.25, -0.2) is 0 Å². The van der Waals surface area contributed by atoms with Gasteiger partial charge in [-0.1, -0.05) is 20.3 Å². The molecule has 12 heavy (non-hydrogen) atoms. The van der Waals surface area contributed by atoms with Gasteiger partial charge in [0.15, 0.2) is 0 Å². The van der Waals surface area contributed by atoms with Crippen LogP contribution in [0, 0.1) is 0 Å². The van der Waals surface area contributed by atoms with Gasteiger partial charge in [0, 0.05) is 12.7 Å². The van der Waals surface area contributed by atoms with Crippen molar-refractivity contribution in [2.75, 3.05) is 0 Å². The second-order valence-corrected chi connectivity index (χ2v) is 3.17. The standard InChI is InChI=1S/C10H18N2/c1-3-5-6-10-7-9-12(11-10)8-4-2/h7,9H,3-6,8H2,1-2H3. The lowest BCUT2D eigenvalue weighted by Crippen LogP contribution is -1.98. The molecule has 68 valence electrons. The summed E-state index contributed by atoms with van der Waals surface area (Å²) in [5, 5.41) is 4.45. The number of rotatable bonds is 5. The van der Waals surface area contributed by atoms with Gasteiger partial charge in [0.25, 0.3) is 0 Å². The molecule has 0 bridgehead atoms. The lowest BCUT2D eigenvalue weighted by atomic mass is 10.2. The minimum absolute atomic E-state index is 1.05. The Bertz CT molecular complexity index is 215. The highest BCUT2D eigenvalue weighted by atomic mass is 15.3. The van der Waals surface area contributed by atoms with Crippen LogP contribution in [0.5, 0.6) is 0 Å². The van der Waals surface area contributed by atoms with Crippen LogP contribution in [0.2, 0.25) is 0 Å². The highest BCUT2D eigenvalue weighted by molar-refractivity contribution is 4.98. The molecule has 1 heterocycles. The summed E-state index contributed by atoms with van der Waals surface area (Å²) < 4.78 is 2.03. The summed E-state index contributed by atoms with van der Waals surface area (Å²) in [5.41, 5.74) is 1.24. The molecule has 0 N–H and O–H groups in total. The van der Waals surface area contributed by atoms with Crippen LogP contribution in [0.15, 0.2) is 12.3 Å². The molecule has 0 aliphatic carbocycles. The third-order valence-corrected chi connectivity index (χ3v) is 1.94. The normalized spacial score (nSPS) is 10.5. The summed E-state index contributed by atoms with van der Waals surface area (Å²) in [5.74, 6) is 0. The molecule has 0 aliphatic heterocycles. The molecule has 1 aromatic rings. The van der Waals surface area contributed by atoms with E-state index in [9.17, 15) is 0 Å². The van der Waals surface area contributed by atoms with Crippen molar-refractivity contribution in [3.05, 3.63) is 18.0 Å². The summed E-state index contributed by atoms with van der Waals surface area (Å²) in [7, 11) is 0. The summed E-state index contributed by atoms with van der Waals surface area (Å²) in [6.45, 7) is 5.43. The smallest absolute Gasteiger partial charge is 0.0624 e. The van der Waals surface area contributed by atoms with Gasteiger partial charge < -0.3 is 0 Å². The zero-order valence-electron chi connectivity index (χ0n) is 8.08. The zero-order valence-corrected chi connectivity index (χ0v) is 8.08. The van der Waals surface area contributed by atoms with Gasteiger partial charge in [-0.15, -0.1) is 0 Å². The molecular weight excluding hydrogens is 148 g/mol. The van der Waals surface area contributed by atoms with Crippen molar-refractivity contribution in [1.29, 1.82) is 0 Å². The third kappa shape index (κ3) is 2.68. The number of aryl methyl sites for hydroxylation is 2. The van der Waals surface area contributed by atoms with Gasteiger partial charge in [-0.2, -0.15) is 5.10 Å². The molecule has 0 saturated heterocycles. The molecular formula is C10H18N2. The van der Waals surface area contributed by atoms with Crippen molar-refractivity contribution >= 4 is 0 Å². The van der Waals surface area contributed by atoms with Crippen LogP contribution in [0.1, 0.15) is 38.8 Å². The average Bonchev–Trinajstić information content (AvgIpc) is 2.50. The van der Waals surface area contributed by atoms with Crippen LogP contribution >= 0.6 is 0 Å². The zero-order chi connectivity index (χ0) is 8.81. The SMILES string of the molecule is CCCCc1ccn(CCC)n1. The number of unbranched alkanes of at least 4 members (excludes halogenated alkanes) is 1. The average molecular weight is 166 g/mol. The molecule has 1 aromatic heterocycles. The number of aromatic nitrogens is 2. The number of hydrogen-bond acceptors (Lipinski definition) is 1. The predicted octanol–water partition coefficient (Wildman–Crippen LogP) is 2.64. The van der Waals surface area contributed by atoms with Crippen LogP contribution in [-0.4, -0.2) is 9.78 Å². The van der Waals surface area contributed by atoms with Gasteiger partial charge >= 0.3 is 0 Å². The van der Waals surface area contributed by atoms with Crippen molar-refractivity contribution in [3.8, 4) is 0 Å². The first kappa shape index (κ1) is 9.30. The molecule has 0 amide bonds. The Morgan fingerprint density at radius 3 is 2.83 bits per heavy atom. The fraction of sp³-hybridized carbons (Fsp3) is 0.700. The highest BCUT2D eigenvalue weighted by Gasteiger charge is 1.96. The predicted molar refractivity (Wildman–Crippen MR) is 51.1 cm³/mol. The van der Waals surface area contributed by atoms with E-state index in [2.05, 4.69) is 31.2 Å². The van der Waals surface area contributed by atoms with Crippen LogP contribution in [0.25, 0.3) is 0 Å². The van der Waals surface area contributed by atoms with Gasteiger partial charge in [-0.05, 0) is 25.3 Å². The summed E-state index contributed by atoms with van der Waals surface area (Å²) >= 11 is 0. The molecule has 0 saturated carbocycles. The van der Waals surface area contributed by atoms with Gasteiger partial charge in [0.2, 0.25) is 0 Å². The quantitative estimate of drug-likeness (QED) is 0.657. The lowest BCUT2D eigenvalue weighted by molar-refractivity contribution is 0.591. The van der Waals surface area contributed by atoms with E-state index in [1.54, 1.807) is 0 Å². The van der Waals surface area contributed by atoms with Crippen LogP contribution in [0.4, 0.5) is 0 Å². The maximum absolute atomic E-state index is 4.45. The minimum atomic E-state index is 1.05. The van der Waals surface area contributed by atoms with Crippen molar-refractivity contribution < 1.29 is 0 Å². The lowest BCUT2D eigenvalue weighted by Gasteiger charge is -1.96. The molecule has 0 aliphatic rings. The Labute approximate surface area is 74.6 Å². The summed E-state index contributed by atoms with van der Waals surface area (Å²) in [6.07, 6.45) is 6.88. The molecule has 0 spiro atoms. The second kappa shape index (κ2) is 4.96. The monoisotopic (exact) mass is 166 g/mol. The van der Waals surface area contributed by atoms with E-state index < -0.39 is 0 Å². The maximum Gasteiger partial charge on any atom is 0.0624 e. The summed E-state index contributed by atoms with van der Waals surface area (Å²) in [4.78, 5) is 0. The largest absolute Gasteiger partial charge is 0.273 e. The van der Waals surface area contributed by atoms with E-state index in [0.29, 0.717) is 0 Å². The minimum Gasteiger partial charge on any atom is -0.273 e. The van der Waals surface area contributed by atoms with E-state index in [0.717, 1.165) is 19.4 Å². The Hall–Kier alpha value is -0.790. The molecule has 0 atom stereocenters. The summed E-state index contributed by atoms with van der Waals surface area (Å²) in [6, 6.07) is 2.13. The van der Waals surface area contributed by atoms with Crippen LogP contribution in [0.3, 0.4) is 0 Å². The third-order valence-electron chi connectivity index (χ3n) is 1.94. The van der Waals surface area contributed by atoms with E-state index >= 15 is 0 Å². The first-order valence-electron chi connectivity index (χ1n) is 4.89. The molecule has 2 nitrogen and oxygen atoms in total. The van der Waals surface area contributed by atoms with E-state index in [1.165, 1.54) is 18.5 Å². The Balaban J connectivity index is 2.41. The first-order chi connectivity index (χ1) is 5.86. The van der Waals surface area contributed by atoms with Gasteiger partial charge in [0.1, 0.15) is 0 Å². The van der Waals surface area contributed by atoms with Crippen LogP contribution in [-0.2, 0) is 13.0 Å². The van der Waals surface area contributed by atoms with E-state index in [-0.39, 0.29) is 0 Å².